The minimum Gasteiger partial charge on any atom is -0.383 e. The van der Waals surface area contributed by atoms with Crippen molar-refractivity contribution >= 4 is 30.7 Å². The maximum atomic E-state index is 11.8. The zero-order chi connectivity index (χ0) is 15.2. The van der Waals surface area contributed by atoms with E-state index in [0.29, 0.717) is 12.6 Å². The lowest BCUT2D eigenvalue weighted by atomic mass is 9.97. The lowest BCUT2D eigenvalue weighted by Gasteiger charge is -2.42. The third-order valence-electron chi connectivity index (χ3n) is 4.01. The zero-order valence-corrected chi connectivity index (χ0v) is 15.6. The van der Waals surface area contributed by atoms with Gasteiger partial charge in [0.25, 0.3) is 0 Å². The van der Waals surface area contributed by atoms with Crippen LogP contribution in [0.3, 0.4) is 0 Å². The molecule has 1 fully saturated rings. The van der Waals surface area contributed by atoms with Crippen molar-refractivity contribution in [3.63, 3.8) is 0 Å². The normalized spacial score (nSPS) is 18.0. The number of nitrogens with two attached hydrogens (primary N) is 1. The molecule has 8 heteroatoms. The standard InChI is InChI=1S/C14H29N3O3.2ClH/c1-14(2,10-16-13(18)12(15)9-19-3)17-7-5-11(20-4)6-8-17;;/h11-12H,5-10,15H2,1-4H3,(H,16,18);2*1H. The molecule has 0 aromatic rings. The van der Waals surface area contributed by atoms with Crippen LogP contribution in [-0.4, -0.2) is 69.0 Å². The van der Waals surface area contributed by atoms with Crippen LogP contribution >= 0.6 is 24.8 Å². The summed E-state index contributed by atoms with van der Waals surface area (Å²) in [6.07, 6.45) is 2.44. The van der Waals surface area contributed by atoms with Gasteiger partial charge in [-0.1, -0.05) is 0 Å². The van der Waals surface area contributed by atoms with Crippen LogP contribution in [0.25, 0.3) is 0 Å². The summed E-state index contributed by atoms with van der Waals surface area (Å²) in [5.41, 5.74) is 5.62. The Morgan fingerprint density at radius 2 is 1.86 bits per heavy atom. The number of piperidine rings is 1. The molecule has 0 bridgehead atoms. The van der Waals surface area contributed by atoms with Crippen LogP contribution in [0.5, 0.6) is 0 Å². The predicted molar refractivity (Wildman–Crippen MR) is 93.0 cm³/mol. The molecule has 1 heterocycles. The van der Waals surface area contributed by atoms with Gasteiger partial charge in [0.2, 0.25) is 5.91 Å². The first kappa shape index (κ1) is 24.1. The molecular weight excluding hydrogens is 329 g/mol. The van der Waals surface area contributed by atoms with E-state index in [1.807, 2.05) is 0 Å². The molecule has 0 saturated carbocycles. The van der Waals surface area contributed by atoms with Gasteiger partial charge in [-0.15, -0.1) is 24.8 Å². The second-order valence-electron chi connectivity index (χ2n) is 6.01. The molecular formula is C14H31Cl2N3O3. The van der Waals surface area contributed by atoms with Gasteiger partial charge < -0.3 is 20.5 Å². The molecule has 0 radical (unpaired) electrons. The maximum Gasteiger partial charge on any atom is 0.239 e. The van der Waals surface area contributed by atoms with Crippen molar-refractivity contribution in [2.75, 3.05) is 40.5 Å². The molecule has 1 amide bonds. The average Bonchev–Trinajstić information content (AvgIpc) is 2.45. The molecule has 134 valence electrons. The smallest absolute Gasteiger partial charge is 0.239 e. The fourth-order valence-corrected chi connectivity index (χ4v) is 2.50. The number of nitrogens with one attached hydrogen (secondary N) is 1. The number of ether oxygens (including phenoxy) is 2. The van der Waals surface area contributed by atoms with Gasteiger partial charge in [0.05, 0.1) is 12.7 Å². The Labute approximate surface area is 146 Å². The van der Waals surface area contributed by atoms with Gasteiger partial charge in [-0.25, -0.2) is 0 Å². The highest BCUT2D eigenvalue weighted by Gasteiger charge is 2.31. The highest BCUT2D eigenvalue weighted by molar-refractivity contribution is 5.85. The summed E-state index contributed by atoms with van der Waals surface area (Å²) in [6.45, 7) is 7.09. The first-order valence-corrected chi connectivity index (χ1v) is 7.20. The van der Waals surface area contributed by atoms with Crippen LogP contribution in [0.15, 0.2) is 0 Å². The Morgan fingerprint density at radius 3 is 2.32 bits per heavy atom. The zero-order valence-electron chi connectivity index (χ0n) is 14.0. The summed E-state index contributed by atoms with van der Waals surface area (Å²) >= 11 is 0. The highest BCUT2D eigenvalue weighted by atomic mass is 35.5. The van der Waals surface area contributed by atoms with Crippen LogP contribution in [0.1, 0.15) is 26.7 Å². The molecule has 1 aliphatic heterocycles. The molecule has 0 aromatic heterocycles. The van der Waals surface area contributed by atoms with E-state index in [0.717, 1.165) is 25.9 Å². The number of methoxy groups -OCH3 is 2. The third kappa shape index (κ3) is 7.44. The van der Waals surface area contributed by atoms with Gasteiger partial charge in [-0.3, -0.25) is 9.69 Å². The summed E-state index contributed by atoms with van der Waals surface area (Å²) in [5.74, 6) is -0.160. The molecule has 22 heavy (non-hydrogen) atoms. The maximum absolute atomic E-state index is 11.8. The Kier molecular flexibility index (Phi) is 12.5. The second kappa shape index (κ2) is 11.4. The van der Waals surface area contributed by atoms with Gasteiger partial charge in [0.15, 0.2) is 0 Å². The highest BCUT2D eigenvalue weighted by Crippen LogP contribution is 2.21. The van der Waals surface area contributed by atoms with Crippen LogP contribution in [0.2, 0.25) is 0 Å². The van der Waals surface area contributed by atoms with Crippen molar-refractivity contribution in [2.24, 2.45) is 5.73 Å². The van der Waals surface area contributed by atoms with Crippen LogP contribution < -0.4 is 11.1 Å². The van der Waals surface area contributed by atoms with E-state index in [1.54, 1.807) is 7.11 Å². The van der Waals surface area contributed by atoms with E-state index in [2.05, 4.69) is 24.1 Å². The van der Waals surface area contributed by atoms with Gasteiger partial charge in [0, 0.05) is 39.4 Å². The Balaban J connectivity index is 0. The molecule has 0 spiro atoms. The van der Waals surface area contributed by atoms with Gasteiger partial charge in [-0.05, 0) is 26.7 Å². The Hall–Kier alpha value is -0.110. The molecule has 0 aliphatic carbocycles. The van der Waals surface area contributed by atoms with Gasteiger partial charge >= 0.3 is 0 Å². The van der Waals surface area contributed by atoms with Gasteiger partial charge in [-0.2, -0.15) is 0 Å². The number of likely N-dealkylation sites (tertiary alicyclic amines) is 1. The first-order valence-electron chi connectivity index (χ1n) is 7.20. The van der Waals surface area contributed by atoms with Crippen molar-refractivity contribution < 1.29 is 14.3 Å². The lowest BCUT2D eigenvalue weighted by molar-refractivity contribution is -0.124. The molecule has 3 N–H and O–H groups in total. The minimum absolute atomic E-state index is 0. The topological polar surface area (TPSA) is 76.8 Å². The number of carbonyl (C=O) groups excluding carboxylic acids is 1. The Bertz CT molecular complexity index is 312. The second-order valence-corrected chi connectivity index (χ2v) is 6.01. The molecule has 0 aromatic carbocycles. The summed E-state index contributed by atoms with van der Waals surface area (Å²) < 4.78 is 10.3. The largest absolute Gasteiger partial charge is 0.383 e. The third-order valence-corrected chi connectivity index (χ3v) is 4.01. The number of amides is 1. The number of nitrogens with zero attached hydrogens (tertiary/aromatic N) is 1. The Morgan fingerprint density at radius 1 is 1.32 bits per heavy atom. The SMILES string of the molecule is COCC(N)C(=O)NCC(C)(C)N1CCC(OC)CC1.Cl.Cl. The average molecular weight is 360 g/mol. The van der Waals surface area contributed by atoms with E-state index in [-0.39, 0.29) is 42.9 Å². The summed E-state index contributed by atoms with van der Waals surface area (Å²) in [4.78, 5) is 14.2. The predicted octanol–water partition coefficient (Wildman–Crippen LogP) is 0.809. The van der Waals surface area contributed by atoms with E-state index >= 15 is 0 Å². The molecule has 1 atom stereocenters. The van der Waals surface area contributed by atoms with E-state index < -0.39 is 6.04 Å². The minimum atomic E-state index is -0.602. The number of hydrogen-bond donors (Lipinski definition) is 2. The first-order chi connectivity index (χ1) is 9.40. The lowest BCUT2D eigenvalue weighted by Crippen LogP contribution is -2.56. The van der Waals surface area contributed by atoms with Crippen LogP contribution in [0.4, 0.5) is 0 Å². The van der Waals surface area contributed by atoms with Crippen LogP contribution in [-0.2, 0) is 14.3 Å². The van der Waals surface area contributed by atoms with Crippen molar-refractivity contribution in [1.82, 2.24) is 10.2 Å². The van der Waals surface area contributed by atoms with Crippen molar-refractivity contribution in [3.8, 4) is 0 Å². The van der Waals surface area contributed by atoms with E-state index in [9.17, 15) is 4.79 Å². The van der Waals surface area contributed by atoms with Crippen molar-refractivity contribution in [3.05, 3.63) is 0 Å². The molecule has 1 aliphatic rings. The number of halogens is 2. The quantitative estimate of drug-likeness (QED) is 0.703. The van der Waals surface area contributed by atoms with Crippen molar-refractivity contribution in [1.29, 1.82) is 0 Å². The molecule has 6 nitrogen and oxygen atoms in total. The fourth-order valence-electron chi connectivity index (χ4n) is 2.50. The van der Waals surface area contributed by atoms with Crippen molar-refractivity contribution in [2.45, 2.75) is 44.4 Å². The van der Waals surface area contributed by atoms with E-state index in [1.165, 1.54) is 7.11 Å². The molecule has 1 rings (SSSR count). The molecule has 1 saturated heterocycles. The van der Waals surface area contributed by atoms with Crippen LogP contribution in [0, 0.1) is 0 Å². The fraction of sp³-hybridized carbons (Fsp3) is 0.929. The summed E-state index contributed by atoms with van der Waals surface area (Å²) in [5, 5.41) is 2.91. The van der Waals surface area contributed by atoms with E-state index in [4.69, 9.17) is 15.2 Å². The number of carbonyl (C=O) groups is 1. The summed E-state index contributed by atoms with van der Waals surface area (Å²) in [7, 11) is 3.31. The monoisotopic (exact) mass is 359 g/mol. The molecule has 1 unspecified atom stereocenters. The van der Waals surface area contributed by atoms with Gasteiger partial charge in [0.1, 0.15) is 6.04 Å². The number of rotatable bonds is 7. The summed E-state index contributed by atoms with van der Waals surface area (Å²) in [6, 6.07) is -0.602. The number of hydrogen-bond acceptors (Lipinski definition) is 5.